The lowest BCUT2D eigenvalue weighted by molar-refractivity contribution is -0.116. The number of carbonyl (C=O) groups excluding carboxylic acids is 3. The van der Waals surface area contributed by atoms with Gasteiger partial charge in [-0.1, -0.05) is 6.07 Å². The monoisotopic (exact) mass is 492 g/mol. The van der Waals surface area contributed by atoms with Crippen LogP contribution in [0.15, 0.2) is 66.6 Å². The molecule has 0 aliphatic carbocycles. The summed E-state index contributed by atoms with van der Waals surface area (Å²) in [5.41, 5.74) is 1.78. The van der Waals surface area contributed by atoms with Gasteiger partial charge in [-0.2, -0.15) is 0 Å². The number of aryl methyl sites for hydroxylation is 1. The second kappa shape index (κ2) is 10.7. The van der Waals surface area contributed by atoms with Crippen molar-refractivity contribution in [2.45, 2.75) is 19.9 Å². The van der Waals surface area contributed by atoms with Crippen molar-refractivity contribution < 1.29 is 18.8 Å². The Morgan fingerprint density at radius 3 is 2.63 bits per heavy atom. The SMILES string of the molecule is CC(=O)Nc1ccc(-c2csc(NC(=O)c3cccc(NC(=O)CCn4ccnc4)c3)n2)c(F)c1. The zero-order valence-corrected chi connectivity index (χ0v) is 19.4. The number of nitrogens with one attached hydrogen (secondary N) is 3. The number of imidazole rings is 1. The van der Waals surface area contributed by atoms with Crippen molar-refractivity contribution in [1.82, 2.24) is 14.5 Å². The number of nitrogens with zero attached hydrogens (tertiary/aromatic N) is 3. The lowest BCUT2D eigenvalue weighted by Gasteiger charge is -2.08. The van der Waals surface area contributed by atoms with E-state index in [9.17, 15) is 18.8 Å². The summed E-state index contributed by atoms with van der Waals surface area (Å²) < 4.78 is 16.3. The minimum absolute atomic E-state index is 0.188. The fourth-order valence-corrected chi connectivity index (χ4v) is 3.94. The molecule has 0 fully saturated rings. The van der Waals surface area contributed by atoms with Crippen LogP contribution in [0.1, 0.15) is 23.7 Å². The first-order valence-electron chi connectivity index (χ1n) is 10.6. The molecule has 4 rings (SSSR count). The Bertz CT molecular complexity index is 1370. The highest BCUT2D eigenvalue weighted by atomic mass is 32.1. The van der Waals surface area contributed by atoms with Crippen LogP contribution in [0, 0.1) is 5.82 Å². The first kappa shape index (κ1) is 23.8. The Labute approximate surface area is 204 Å². The van der Waals surface area contributed by atoms with E-state index in [0.717, 1.165) is 11.3 Å². The molecule has 0 spiro atoms. The first-order chi connectivity index (χ1) is 16.9. The molecule has 2 heterocycles. The van der Waals surface area contributed by atoms with Crippen molar-refractivity contribution >= 4 is 45.6 Å². The number of amides is 3. The van der Waals surface area contributed by atoms with Crippen molar-refractivity contribution in [3.63, 3.8) is 0 Å². The number of hydrogen-bond acceptors (Lipinski definition) is 6. The molecule has 11 heteroatoms. The van der Waals surface area contributed by atoms with Crippen LogP contribution in [-0.4, -0.2) is 32.3 Å². The second-order valence-electron chi connectivity index (χ2n) is 7.55. The van der Waals surface area contributed by atoms with Crippen molar-refractivity contribution in [3.05, 3.63) is 77.9 Å². The molecular weight excluding hydrogens is 471 g/mol. The predicted octanol–water partition coefficient (Wildman–Crippen LogP) is 4.39. The van der Waals surface area contributed by atoms with E-state index in [1.54, 1.807) is 59.0 Å². The topological polar surface area (TPSA) is 118 Å². The minimum atomic E-state index is -0.545. The maximum Gasteiger partial charge on any atom is 0.257 e. The molecule has 0 aliphatic heterocycles. The fraction of sp³-hybridized carbons (Fsp3) is 0.125. The van der Waals surface area contributed by atoms with Crippen LogP contribution < -0.4 is 16.0 Å². The normalized spacial score (nSPS) is 10.6. The molecular formula is C24H21FN6O3S. The van der Waals surface area contributed by atoms with Gasteiger partial charge in [-0.25, -0.2) is 14.4 Å². The standard InChI is InChI=1S/C24H21FN6O3S/c1-15(32)27-18-5-6-19(20(25)12-18)21-13-35-24(29-21)30-23(34)16-3-2-4-17(11-16)28-22(33)7-9-31-10-8-26-14-31/h2-6,8,10-14H,7,9H2,1H3,(H,27,32)(H,28,33)(H,29,30,34). The number of aromatic nitrogens is 3. The molecule has 0 radical (unpaired) electrons. The highest BCUT2D eigenvalue weighted by Crippen LogP contribution is 2.29. The molecule has 2 aromatic heterocycles. The molecule has 0 unspecified atom stereocenters. The highest BCUT2D eigenvalue weighted by molar-refractivity contribution is 7.14. The predicted molar refractivity (Wildman–Crippen MR) is 132 cm³/mol. The number of benzene rings is 2. The second-order valence-corrected chi connectivity index (χ2v) is 8.41. The Morgan fingerprint density at radius 1 is 1.06 bits per heavy atom. The van der Waals surface area contributed by atoms with Gasteiger partial charge < -0.3 is 15.2 Å². The third-order valence-corrected chi connectivity index (χ3v) is 5.61. The summed E-state index contributed by atoms with van der Waals surface area (Å²) in [5, 5.41) is 9.92. The van der Waals surface area contributed by atoms with Gasteiger partial charge in [0.15, 0.2) is 5.13 Å². The van der Waals surface area contributed by atoms with E-state index in [1.165, 1.54) is 19.1 Å². The molecule has 0 bridgehead atoms. The van der Waals surface area contributed by atoms with E-state index in [2.05, 4.69) is 25.9 Å². The number of halogens is 1. The lowest BCUT2D eigenvalue weighted by atomic mass is 10.1. The lowest BCUT2D eigenvalue weighted by Crippen LogP contribution is -2.15. The van der Waals surface area contributed by atoms with E-state index < -0.39 is 11.7 Å². The van der Waals surface area contributed by atoms with Gasteiger partial charge in [0.2, 0.25) is 11.8 Å². The van der Waals surface area contributed by atoms with Crippen LogP contribution in [-0.2, 0) is 16.1 Å². The van der Waals surface area contributed by atoms with Gasteiger partial charge in [0.05, 0.1) is 12.0 Å². The van der Waals surface area contributed by atoms with Gasteiger partial charge in [-0.15, -0.1) is 11.3 Å². The number of carbonyl (C=O) groups is 3. The molecule has 0 aliphatic rings. The Morgan fingerprint density at radius 2 is 1.89 bits per heavy atom. The molecule has 4 aromatic rings. The van der Waals surface area contributed by atoms with Crippen molar-refractivity contribution in [2.24, 2.45) is 0 Å². The number of anilines is 3. The van der Waals surface area contributed by atoms with Gasteiger partial charge in [0, 0.05) is 60.2 Å². The van der Waals surface area contributed by atoms with E-state index >= 15 is 0 Å². The summed E-state index contributed by atoms with van der Waals surface area (Å²) in [7, 11) is 0. The average Bonchev–Trinajstić information content (AvgIpc) is 3.50. The Balaban J connectivity index is 1.38. The third-order valence-electron chi connectivity index (χ3n) is 4.85. The summed E-state index contributed by atoms with van der Waals surface area (Å²) >= 11 is 1.15. The molecule has 2 aromatic carbocycles. The van der Waals surface area contributed by atoms with Crippen molar-refractivity contribution in [3.8, 4) is 11.3 Å². The van der Waals surface area contributed by atoms with Gasteiger partial charge >= 0.3 is 0 Å². The van der Waals surface area contributed by atoms with Gasteiger partial charge in [-0.05, 0) is 36.4 Å². The highest BCUT2D eigenvalue weighted by Gasteiger charge is 2.14. The summed E-state index contributed by atoms with van der Waals surface area (Å²) in [6, 6.07) is 10.8. The van der Waals surface area contributed by atoms with Crippen LogP contribution >= 0.6 is 11.3 Å². The van der Waals surface area contributed by atoms with Crippen LogP contribution in [0.3, 0.4) is 0 Å². The molecule has 0 atom stereocenters. The molecule has 0 saturated heterocycles. The van der Waals surface area contributed by atoms with E-state index in [-0.39, 0.29) is 23.8 Å². The average molecular weight is 493 g/mol. The minimum Gasteiger partial charge on any atom is -0.337 e. The van der Waals surface area contributed by atoms with Gasteiger partial charge in [0.1, 0.15) is 5.82 Å². The van der Waals surface area contributed by atoms with Crippen LogP contribution in [0.5, 0.6) is 0 Å². The van der Waals surface area contributed by atoms with Gasteiger partial charge in [0.25, 0.3) is 5.91 Å². The molecule has 9 nitrogen and oxygen atoms in total. The number of thiazole rings is 1. The summed E-state index contributed by atoms with van der Waals surface area (Å²) in [5.74, 6) is -1.45. The maximum atomic E-state index is 14.5. The van der Waals surface area contributed by atoms with Crippen LogP contribution in [0.2, 0.25) is 0 Å². The quantitative estimate of drug-likeness (QED) is 0.337. The number of hydrogen-bond donors (Lipinski definition) is 3. The smallest absolute Gasteiger partial charge is 0.257 e. The van der Waals surface area contributed by atoms with Crippen LogP contribution in [0.4, 0.5) is 20.9 Å². The summed E-state index contributed by atoms with van der Waals surface area (Å²) in [6.07, 6.45) is 5.32. The first-order valence-corrected chi connectivity index (χ1v) is 11.5. The molecule has 35 heavy (non-hydrogen) atoms. The fourth-order valence-electron chi connectivity index (χ4n) is 3.24. The Hall–Kier alpha value is -4.38. The zero-order chi connectivity index (χ0) is 24.8. The number of rotatable bonds is 8. The van der Waals surface area contributed by atoms with Crippen LogP contribution in [0.25, 0.3) is 11.3 Å². The summed E-state index contributed by atoms with van der Waals surface area (Å²) in [6.45, 7) is 1.84. The van der Waals surface area contributed by atoms with E-state index in [1.807, 2.05) is 0 Å². The summed E-state index contributed by atoms with van der Waals surface area (Å²) in [4.78, 5) is 44.3. The van der Waals surface area contributed by atoms with E-state index in [4.69, 9.17) is 0 Å². The zero-order valence-electron chi connectivity index (χ0n) is 18.6. The maximum absolute atomic E-state index is 14.5. The molecule has 178 valence electrons. The van der Waals surface area contributed by atoms with Crippen molar-refractivity contribution in [1.29, 1.82) is 0 Å². The molecule has 3 N–H and O–H groups in total. The largest absolute Gasteiger partial charge is 0.337 e. The van der Waals surface area contributed by atoms with Crippen molar-refractivity contribution in [2.75, 3.05) is 16.0 Å². The van der Waals surface area contributed by atoms with E-state index in [0.29, 0.717) is 34.3 Å². The Kier molecular flexibility index (Phi) is 7.27. The van der Waals surface area contributed by atoms with Gasteiger partial charge in [-0.3, -0.25) is 19.7 Å². The third kappa shape index (κ3) is 6.36. The molecule has 3 amide bonds. The molecule has 0 saturated carbocycles.